The number of carbonyl (C=O) groups is 1. The van der Waals surface area contributed by atoms with E-state index in [1.807, 2.05) is 54.6 Å². The molecule has 0 bridgehead atoms. The average Bonchev–Trinajstić information content (AvgIpc) is 3.15. The van der Waals surface area contributed by atoms with E-state index in [4.69, 9.17) is 15.5 Å². The number of allylic oxidation sites excluding steroid dienone is 1. The van der Waals surface area contributed by atoms with Crippen molar-refractivity contribution in [3.63, 3.8) is 0 Å². The number of amides is 1. The van der Waals surface area contributed by atoms with Crippen LogP contribution in [0.15, 0.2) is 71.2 Å². The van der Waals surface area contributed by atoms with Crippen LogP contribution in [0.5, 0.6) is 11.5 Å². The van der Waals surface area contributed by atoms with Crippen LogP contribution < -0.4 is 15.8 Å². The maximum Gasteiger partial charge on any atom is 0.250 e. The quantitative estimate of drug-likeness (QED) is 0.772. The Labute approximate surface area is 183 Å². The van der Waals surface area contributed by atoms with Crippen LogP contribution in [0.3, 0.4) is 0 Å². The van der Waals surface area contributed by atoms with Crippen molar-refractivity contribution >= 4 is 11.6 Å². The molecule has 31 heavy (non-hydrogen) atoms. The molecule has 2 aliphatic heterocycles. The highest BCUT2D eigenvalue weighted by molar-refractivity contribution is 6.27. The van der Waals surface area contributed by atoms with Gasteiger partial charge < -0.3 is 15.8 Å². The van der Waals surface area contributed by atoms with E-state index in [1.165, 1.54) is 19.3 Å². The smallest absolute Gasteiger partial charge is 0.250 e. The highest BCUT2D eigenvalue weighted by Crippen LogP contribution is 2.53. The molecule has 5 heteroatoms. The Kier molecular flexibility index (Phi) is 5.36. The molecular weight excluding hydrogens is 386 g/mol. The number of carbonyl (C=O) groups excluding carboxylic acids is 1. The lowest BCUT2D eigenvalue weighted by atomic mass is 9.57. The van der Waals surface area contributed by atoms with Gasteiger partial charge in [-0.1, -0.05) is 24.3 Å². The Balaban J connectivity index is 1.33. The van der Waals surface area contributed by atoms with E-state index < -0.39 is 5.91 Å². The van der Waals surface area contributed by atoms with Crippen LogP contribution in [-0.2, 0) is 4.79 Å². The summed E-state index contributed by atoms with van der Waals surface area (Å²) >= 11 is 0. The lowest BCUT2D eigenvalue weighted by molar-refractivity contribution is -0.114. The van der Waals surface area contributed by atoms with Gasteiger partial charge in [0.2, 0.25) is 0 Å². The van der Waals surface area contributed by atoms with Gasteiger partial charge in [0.25, 0.3) is 5.91 Å². The summed E-state index contributed by atoms with van der Waals surface area (Å²) in [6, 6.07) is 17.4. The van der Waals surface area contributed by atoms with Crippen LogP contribution in [-0.4, -0.2) is 31.3 Å². The first kappa shape index (κ1) is 20.0. The number of benzene rings is 2. The average molecular weight is 416 g/mol. The van der Waals surface area contributed by atoms with Crippen molar-refractivity contribution in [2.24, 2.45) is 28.0 Å². The molecule has 0 unspecified atom stereocenters. The molecule has 2 fully saturated rings. The molecule has 5 nitrogen and oxygen atoms in total. The normalized spacial score (nSPS) is 27.7. The predicted octanol–water partition coefficient (Wildman–Crippen LogP) is 4.09. The number of nitrogens with one attached hydrogen (secondary N) is 1. The van der Waals surface area contributed by atoms with Gasteiger partial charge in [0.05, 0.1) is 11.3 Å². The summed E-state index contributed by atoms with van der Waals surface area (Å²) < 4.78 is 5.88. The van der Waals surface area contributed by atoms with Gasteiger partial charge in [-0.25, -0.2) is 0 Å². The fraction of sp³-hybridized carbons (Fsp3) is 0.385. The number of nitrogens with zero attached hydrogens (tertiary/aromatic N) is 1. The molecule has 1 saturated heterocycles. The first-order valence-corrected chi connectivity index (χ1v) is 11.2. The van der Waals surface area contributed by atoms with E-state index in [2.05, 4.69) is 11.4 Å². The third-order valence-electron chi connectivity index (χ3n) is 7.07. The Morgan fingerprint density at radius 1 is 1.06 bits per heavy atom. The second-order valence-electron chi connectivity index (χ2n) is 9.16. The molecule has 2 heterocycles. The van der Waals surface area contributed by atoms with Crippen LogP contribution in [0.25, 0.3) is 0 Å². The Bertz CT molecular complexity index is 997. The highest BCUT2D eigenvalue weighted by Gasteiger charge is 2.48. The Morgan fingerprint density at radius 2 is 1.81 bits per heavy atom. The molecule has 5 rings (SSSR count). The summed E-state index contributed by atoms with van der Waals surface area (Å²) in [6.45, 7) is 3.00. The van der Waals surface area contributed by atoms with Crippen molar-refractivity contribution in [2.75, 3.05) is 19.6 Å². The number of rotatable bonds is 5. The van der Waals surface area contributed by atoms with Gasteiger partial charge >= 0.3 is 0 Å². The Hall–Kier alpha value is -2.92. The van der Waals surface area contributed by atoms with Crippen molar-refractivity contribution < 1.29 is 9.53 Å². The number of para-hydroxylation sites is 1. The molecular formula is C26H29N3O2. The SMILES string of the molecule is NC(=O)C1=C[C@@H](C2CC3(CCNC3)C2)CCN=C1c1ccc(Oc2ccccc2)cc1. The summed E-state index contributed by atoms with van der Waals surface area (Å²) in [6.07, 6.45) is 6.86. The van der Waals surface area contributed by atoms with Gasteiger partial charge in [0.1, 0.15) is 11.5 Å². The van der Waals surface area contributed by atoms with Crippen LogP contribution in [0.1, 0.15) is 31.2 Å². The van der Waals surface area contributed by atoms with Crippen LogP contribution in [0.4, 0.5) is 0 Å². The summed E-state index contributed by atoms with van der Waals surface area (Å²) in [5.74, 6) is 2.14. The standard InChI is InChI=1S/C26H29N3O2/c27-25(30)23-14-19(20-15-26(16-20)11-13-28-17-26)10-12-29-24(23)18-6-8-22(9-7-18)31-21-4-2-1-3-5-21/h1-9,14,19-20,28H,10-13,15-17H2,(H2,27,30)/t19-,20?,26?/m0/s1. The van der Waals surface area contributed by atoms with E-state index in [0.717, 1.165) is 43.1 Å². The molecule has 2 aromatic carbocycles. The summed E-state index contributed by atoms with van der Waals surface area (Å²) in [7, 11) is 0. The lowest BCUT2D eigenvalue weighted by Crippen LogP contribution is -2.42. The molecule has 0 radical (unpaired) electrons. The predicted molar refractivity (Wildman–Crippen MR) is 122 cm³/mol. The zero-order valence-corrected chi connectivity index (χ0v) is 17.7. The third kappa shape index (κ3) is 4.15. The number of aliphatic imine (C=N–C) groups is 1. The fourth-order valence-electron chi connectivity index (χ4n) is 5.41. The summed E-state index contributed by atoms with van der Waals surface area (Å²) in [4.78, 5) is 17.1. The first-order valence-electron chi connectivity index (χ1n) is 11.2. The number of nitrogens with two attached hydrogens (primary N) is 1. The van der Waals surface area contributed by atoms with Gasteiger partial charge in [0.15, 0.2) is 0 Å². The molecule has 1 saturated carbocycles. The van der Waals surface area contributed by atoms with Crippen LogP contribution in [0.2, 0.25) is 0 Å². The van der Waals surface area contributed by atoms with E-state index in [9.17, 15) is 4.79 Å². The largest absolute Gasteiger partial charge is 0.457 e. The molecule has 160 valence electrons. The van der Waals surface area contributed by atoms with Gasteiger partial charge in [-0.15, -0.1) is 0 Å². The van der Waals surface area contributed by atoms with Gasteiger partial charge in [-0.3, -0.25) is 9.79 Å². The van der Waals surface area contributed by atoms with E-state index in [-0.39, 0.29) is 0 Å². The fourth-order valence-corrected chi connectivity index (χ4v) is 5.41. The Morgan fingerprint density at radius 3 is 2.48 bits per heavy atom. The minimum atomic E-state index is -0.396. The molecule has 0 aromatic heterocycles. The molecule has 1 atom stereocenters. The van der Waals surface area contributed by atoms with E-state index >= 15 is 0 Å². The lowest BCUT2D eigenvalue weighted by Gasteiger charge is -2.48. The van der Waals surface area contributed by atoms with Crippen LogP contribution in [0, 0.1) is 17.3 Å². The molecule has 1 aliphatic carbocycles. The third-order valence-corrected chi connectivity index (χ3v) is 7.07. The molecule has 1 amide bonds. The molecule has 3 aliphatic rings. The monoisotopic (exact) mass is 415 g/mol. The zero-order chi connectivity index (χ0) is 21.3. The minimum Gasteiger partial charge on any atom is -0.457 e. The van der Waals surface area contributed by atoms with Crippen LogP contribution >= 0.6 is 0 Å². The van der Waals surface area contributed by atoms with Crippen molar-refractivity contribution in [1.82, 2.24) is 5.32 Å². The maximum atomic E-state index is 12.4. The van der Waals surface area contributed by atoms with Crippen molar-refractivity contribution in [3.05, 3.63) is 71.8 Å². The molecule has 1 spiro atoms. The van der Waals surface area contributed by atoms with Gasteiger partial charge in [-0.2, -0.15) is 0 Å². The number of hydrogen-bond donors (Lipinski definition) is 2. The maximum absolute atomic E-state index is 12.4. The van der Waals surface area contributed by atoms with Gasteiger partial charge in [0, 0.05) is 18.7 Å². The minimum absolute atomic E-state index is 0.371. The highest BCUT2D eigenvalue weighted by atomic mass is 16.5. The molecule has 2 aromatic rings. The molecule has 3 N–H and O–H groups in total. The second-order valence-corrected chi connectivity index (χ2v) is 9.16. The van der Waals surface area contributed by atoms with Crippen molar-refractivity contribution in [3.8, 4) is 11.5 Å². The van der Waals surface area contributed by atoms with Crippen molar-refractivity contribution in [2.45, 2.75) is 25.7 Å². The summed E-state index contributed by atoms with van der Waals surface area (Å²) in [5.41, 5.74) is 8.47. The zero-order valence-electron chi connectivity index (χ0n) is 17.7. The summed E-state index contributed by atoms with van der Waals surface area (Å²) in [5, 5.41) is 3.50. The first-order chi connectivity index (χ1) is 15.1. The van der Waals surface area contributed by atoms with E-state index in [0.29, 0.717) is 28.5 Å². The number of primary amides is 1. The topological polar surface area (TPSA) is 76.7 Å². The number of hydrogen-bond acceptors (Lipinski definition) is 4. The second kappa shape index (κ2) is 8.31. The number of ether oxygens (including phenoxy) is 1. The van der Waals surface area contributed by atoms with E-state index in [1.54, 1.807) is 0 Å². The van der Waals surface area contributed by atoms with Gasteiger partial charge in [-0.05, 0) is 85.9 Å². The van der Waals surface area contributed by atoms with Crippen molar-refractivity contribution in [1.29, 1.82) is 0 Å².